The lowest BCUT2D eigenvalue weighted by Crippen LogP contribution is -2.61. The molecule has 1 aromatic heterocycles. The number of likely N-dealkylation sites (tertiary alicyclic amines) is 1. The number of hydrogen-bond donors (Lipinski definition) is 4. The van der Waals surface area contributed by atoms with Crippen LogP contribution in [0.5, 0.6) is 0 Å². The van der Waals surface area contributed by atoms with Crippen LogP contribution in [0.4, 0.5) is 0 Å². The zero-order valence-corrected chi connectivity index (χ0v) is 26.3. The summed E-state index contributed by atoms with van der Waals surface area (Å²) < 4.78 is 5.03. The first-order valence-corrected chi connectivity index (χ1v) is 15.8. The Morgan fingerprint density at radius 2 is 1.72 bits per heavy atom. The quantitative estimate of drug-likeness (QED) is 0.313. The lowest BCUT2D eigenvalue weighted by Gasteiger charge is -2.47. The molecule has 2 heterocycles. The zero-order valence-electron chi connectivity index (χ0n) is 26.3. The molecule has 3 amide bonds. The predicted molar refractivity (Wildman–Crippen MR) is 166 cm³/mol. The maximum Gasteiger partial charge on any atom is 0.255 e. The molecule has 9 nitrogen and oxygen atoms in total. The van der Waals surface area contributed by atoms with Crippen LogP contribution in [0.1, 0.15) is 82.6 Å². The molecule has 0 bridgehead atoms. The highest BCUT2D eigenvalue weighted by Gasteiger charge is 2.42. The van der Waals surface area contributed by atoms with E-state index in [1.54, 1.807) is 6.07 Å². The normalized spacial score (nSPS) is 23.1. The van der Waals surface area contributed by atoms with E-state index in [-0.39, 0.29) is 35.9 Å². The van der Waals surface area contributed by atoms with Crippen molar-refractivity contribution in [1.82, 2.24) is 20.9 Å². The molecule has 6 atom stereocenters. The Bertz CT molecular complexity index is 1190. The van der Waals surface area contributed by atoms with Gasteiger partial charge in [-0.05, 0) is 69.4 Å². The Balaban J connectivity index is 1.53. The van der Waals surface area contributed by atoms with Gasteiger partial charge in [0, 0.05) is 18.6 Å². The molecule has 1 aliphatic heterocycles. The molecule has 2 aliphatic rings. The summed E-state index contributed by atoms with van der Waals surface area (Å²) in [6.45, 7) is 10.7. The first kappa shape index (κ1) is 32.7. The summed E-state index contributed by atoms with van der Waals surface area (Å²) in [5.74, 6) is 0.0644. The van der Waals surface area contributed by atoms with E-state index >= 15 is 0 Å². The topological polar surface area (TPSA) is 124 Å². The van der Waals surface area contributed by atoms with Crippen LogP contribution in [0.2, 0.25) is 0 Å². The summed E-state index contributed by atoms with van der Waals surface area (Å²) in [7, 11) is 0. The van der Waals surface area contributed by atoms with Crippen molar-refractivity contribution in [3.8, 4) is 0 Å². The third-order valence-electron chi connectivity index (χ3n) is 8.83. The highest BCUT2D eigenvalue weighted by Crippen LogP contribution is 2.39. The second kappa shape index (κ2) is 14.5. The van der Waals surface area contributed by atoms with E-state index in [4.69, 9.17) is 4.42 Å². The number of aliphatic hydroxyl groups excluding tert-OH is 1. The molecular weight excluding hydrogens is 544 g/mol. The minimum absolute atomic E-state index is 0.00537. The van der Waals surface area contributed by atoms with E-state index in [1.165, 1.54) is 25.4 Å². The van der Waals surface area contributed by atoms with E-state index < -0.39 is 24.1 Å². The number of carbonyl (C=O) groups excluding carboxylic acids is 3. The fourth-order valence-corrected chi connectivity index (χ4v) is 6.57. The number of furan rings is 1. The van der Waals surface area contributed by atoms with Crippen LogP contribution >= 0.6 is 0 Å². The molecule has 0 radical (unpaired) electrons. The van der Waals surface area contributed by atoms with Crippen molar-refractivity contribution in [3.05, 3.63) is 60.1 Å². The molecule has 1 saturated heterocycles. The number of β-amino-alcohol motifs (C(OH)–C–C–N with tert-alkyl or cyclic N) is 1. The first-order valence-electron chi connectivity index (χ1n) is 15.8. The number of fused-ring (bicyclic) bond motifs is 1. The average Bonchev–Trinajstić information content (AvgIpc) is 3.50. The van der Waals surface area contributed by atoms with Crippen LogP contribution in [0.25, 0.3) is 0 Å². The van der Waals surface area contributed by atoms with Gasteiger partial charge in [-0.3, -0.25) is 19.3 Å². The van der Waals surface area contributed by atoms with Crippen LogP contribution in [0.15, 0.2) is 53.3 Å². The van der Waals surface area contributed by atoms with Crippen LogP contribution in [-0.4, -0.2) is 70.6 Å². The Morgan fingerprint density at radius 3 is 2.35 bits per heavy atom. The highest BCUT2D eigenvalue weighted by molar-refractivity contribution is 5.97. The van der Waals surface area contributed by atoms with Gasteiger partial charge in [0.2, 0.25) is 11.8 Å². The number of piperidine rings is 1. The number of hydrogen-bond acceptors (Lipinski definition) is 6. The van der Waals surface area contributed by atoms with Gasteiger partial charge in [0.15, 0.2) is 0 Å². The number of nitrogens with zero attached hydrogens (tertiary/aromatic N) is 1. The van der Waals surface area contributed by atoms with E-state index in [1.807, 2.05) is 65.0 Å². The molecule has 2 unspecified atom stereocenters. The van der Waals surface area contributed by atoms with Crippen molar-refractivity contribution in [3.63, 3.8) is 0 Å². The molecule has 2 fully saturated rings. The van der Waals surface area contributed by atoms with Crippen LogP contribution < -0.4 is 16.0 Å². The lowest BCUT2D eigenvalue weighted by atomic mass is 9.72. The number of aliphatic hydroxyl groups is 1. The van der Waals surface area contributed by atoms with Gasteiger partial charge in [-0.25, -0.2) is 0 Å². The van der Waals surface area contributed by atoms with Gasteiger partial charge in [-0.2, -0.15) is 0 Å². The first-order chi connectivity index (χ1) is 20.4. The molecule has 1 aliphatic carbocycles. The molecular formula is C34H50N4O5. The van der Waals surface area contributed by atoms with Crippen molar-refractivity contribution in [2.75, 3.05) is 13.1 Å². The standard InChI is InChI=1S/C34H50N4O5/c1-22(2)30(36-31(40)26-15-16-43-21-26)33(42)35-27(17-23-11-7-6-8-12-23)29(39)20-38-19-25-14-10-9-13-24(25)18-28(38)32(41)37-34(3,4)5/h6-8,11-12,15-16,21-22,24-25,27-30,39H,9-10,13-14,17-20H2,1-5H3,(H,35,42)(H,36,40)(H,37,41)/t24-,25?,27?,28-,29+,30-/m0/s1. The van der Waals surface area contributed by atoms with Crippen LogP contribution in [-0.2, 0) is 16.0 Å². The molecule has 4 N–H and O–H groups in total. The molecule has 236 valence electrons. The summed E-state index contributed by atoms with van der Waals surface area (Å²) in [5.41, 5.74) is 0.954. The average molecular weight is 595 g/mol. The van der Waals surface area contributed by atoms with Crippen molar-refractivity contribution in [2.24, 2.45) is 17.8 Å². The summed E-state index contributed by atoms with van der Waals surface area (Å²) in [5, 5.41) is 20.8. The monoisotopic (exact) mass is 594 g/mol. The van der Waals surface area contributed by atoms with E-state index in [2.05, 4.69) is 20.9 Å². The second-order valence-electron chi connectivity index (χ2n) is 13.8. The lowest BCUT2D eigenvalue weighted by molar-refractivity contribution is -0.133. The summed E-state index contributed by atoms with van der Waals surface area (Å²) in [6, 6.07) is 9.52. The smallest absolute Gasteiger partial charge is 0.255 e. The van der Waals surface area contributed by atoms with Gasteiger partial charge >= 0.3 is 0 Å². The fraction of sp³-hybridized carbons (Fsp3) is 0.618. The number of carbonyl (C=O) groups is 3. The van der Waals surface area contributed by atoms with Gasteiger partial charge in [0.25, 0.3) is 5.91 Å². The van der Waals surface area contributed by atoms with Crippen molar-refractivity contribution >= 4 is 17.7 Å². The predicted octanol–water partition coefficient (Wildman–Crippen LogP) is 3.92. The SMILES string of the molecule is CC(C)[C@H](NC(=O)c1ccoc1)C(=O)NC(Cc1ccccc1)[C@H](O)CN1CC2CCCC[C@H]2C[C@H]1C(=O)NC(C)(C)C. The van der Waals surface area contributed by atoms with Gasteiger partial charge < -0.3 is 25.5 Å². The van der Waals surface area contributed by atoms with E-state index in [9.17, 15) is 19.5 Å². The summed E-state index contributed by atoms with van der Waals surface area (Å²) >= 11 is 0. The van der Waals surface area contributed by atoms with Gasteiger partial charge in [0.05, 0.1) is 30.0 Å². The van der Waals surface area contributed by atoms with E-state index in [0.29, 0.717) is 23.8 Å². The van der Waals surface area contributed by atoms with Crippen molar-refractivity contribution < 1.29 is 23.9 Å². The van der Waals surface area contributed by atoms with Crippen molar-refractivity contribution in [2.45, 2.75) is 103 Å². The second-order valence-corrected chi connectivity index (χ2v) is 13.8. The zero-order chi connectivity index (χ0) is 31.1. The highest BCUT2D eigenvalue weighted by atomic mass is 16.3. The summed E-state index contributed by atoms with van der Waals surface area (Å²) in [4.78, 5) is 42.1. The molecule has 1 saturated carbocycles. The number of nitrogens with one attached hydrogen (secondary N) is 3. The van der Waals surface area contributed by atoms with E-state index in [0.717, 1.165) is 31.4 Å². The largest absolute Gasteiger partial charge is 0.472 e. The Kier molecular flexibility index (Phi) is 11.1. The Morgan fingerprint density at radius 1 is 1.02 bits per heavy atom. The third-order valence-corrected chi connectivity index (χ3v) is 8.83. The van der Waals surface area contributed by atoms with Crippen LogP contribution in [0, 0.1) is 17.8 Å². The fourth-order valence-electron chi connectivity index (χ4n) is 6.57. The molecule has 9 heteroatoms. The van der Waals surface area contributed by atoms with Gasteiger partial charge in [-0.15, -0.1) is 0 Å². The number of amides is 3. The maximum atomic E-state index is 13.7. The van der Waals surface area contributed by atoms with Gasteiger partial charge in [0.1, 0.15) is 12.3 Å². The minimum atomic E-state index is -0.938. The molecule has 2 aromatic rings. The molecule has 4 rings (SSSR count). The maximum absolute atomic E-state index is 13.7. The Hall–Kier alpha value is -3.17. The molecule has 1 aromatic carbocycles. The third kappa shape index (κ3) is 9.16. The number of rotatable bonds is 11. The molecule has 0 spiro atoms. The number of benzene rings is 1. The Labute approximate surface area is 256 Å². The minimum Gasteiger partial charge on any atom is -0.472 e. The van der Waals surface area contributed by atoms with Crippen LogP contribution in [0.3, 0.4) is 0 Å². The van der Waals surface area contributed by atoms with Gasteiger partial charge in [-0.1, -0.05) is 63.4 Å². The van der Waals surface area contributed by atoms with Crippen molar-refractivity contribution in [1.29, 1.82) is 0 Å². The molecule has 43 heavy (non-hydrogen) atoms. The summed E-state index contributed by atoms with van der Waals surface area (Å²) in [6.07, 6.45) is 7.70.